The minimum Gasteiger partial charge on any atom is -0.494 e. The van der Waals surface area contributed by atoms with E-state index >= 15 is 0 Å². The number of fused-ring (bicyclic) bond motifs is 1. The van der Waals surface area contributed by atoms with E-state index in [-0.39, 0.29) is 30.9 Å². The topological polar surface area (TPSA) is 117 Å². The van der Waals surface area contributed by atoms with Crippen LogP contribution in [0.15, 0.2) is 24.3 Å². The quantitative estimate of drug-likeness (QED) is 0.389. The number of anilines is 1. The van der Waals surface area contributed by atoms with Gasteiger partial charge >= 0.3 is 0 Å². The third kappa shape index (κ3) is 4.76. The zero-order chi connectivity index (χ0) is 25.0. The average molecular weight is 488 g/mol. The number of unbranched alkanes of at least 4 members (excludes halogenated alkanes) is 2. The molecule has 3 saturated heterocycles. The predicted octanol–water partition coefficient (Wildman–Crippen LogP) is 2.09. The van der Waals surface area contributed by atoms with Gasteiger partial charge in [0.1, 0.15) is 17.4 Å². The lowest BCUT2D eigenvalue weighted by Gasteiger charge is -2.33. The van der Waals surface area contributed by atoms with Gasteiger partial charge in [0.15, 0.2) is 0 Å². The molecule has 2 bridgehead atoms. The average Bonchev–Trinajstić information content (AvgIpc) is 3.49. The summed E-state index contributed by atoms with van der Waals surface area (Å²) in [7, 11) is 0. The van der Waals surface area contributed by atoms with Gasteiger partial charge in [-0.25, -0.2) is 0 Å². The van der Waals surface area contributed by atoms with Crippen molar-refractivity contribution in [1.82, 2.24) is 10.2 Å². The number of likely N-dealkylation sites (tertiary alicyclic amines) is 1. The molecule has 0 aromatic heterocycles. The number of nitrogens with zero attached hydrogens (tertiary/aromatic N) is 1. The van der Waals surface area contributed by atoms with Crippen LogP contribution >= 0.6 is 0 Å². The van der Waals surface area contributed by atoms with Crippen molar-refractivity contribution in [1.29, 1.82) is 0 Å². The summed E-state index contributed by atoms with van der Waals surface area (Å²) in [6, 6.07) is 6.32. The number of aliphatic hydroxyl groups excluding tert-OH is 1. The Hall–Kier alpha value is -2.65. The Morgan fingerprint density at radius 1 is 1.17 bits per heavy atom. The fraction of sp³-hybridized carbons (Fsp3) is 0.654. The fourth-order valence-corrected chi connectivity index (χ4v) is 5.95. The molecule has 0 radical (unpaired) electrons. The lowest BCUT2D eigenvalue weighted by Crippen LogP contribution is -2.55. The summed E-state index contributed by atoms with van der Waals surface area (Å²) in [6.07, 6.45) is 4.07. The van der Waals surface area contributed by atoms with E-state index in [1.165, 1.54) is 4.90 Å². The Labute approximate surface area is 206 Å². The number of nitrogens with one attached hydrogen (secondary N) is 2. The van der Waals surface area contributed by atoms with E-state index in [0.29, 0.717) is 43.9 Å². The summed E-state index contributed by atoms with van der Waals surface area (Å²) in [5.74, 6) is -1.41. The van der Waals surface area contributed by atoms with E-state index in [9.17, 15) is 19.5 Å². The molecule has 0 saturated carbocycles. The van der Waals surface area contributed by atoms with Gasteiger partial charge in [0.2, 0.25) is 17.7 Å². The summed E-state index contributed by atoms with van der Waals surface area (Å²) >= 11 is 0. The van der Waals surface area contributed by atoms with E-state index in [1.54, 1.807) is 24.3 Å². The minimum atomic E-state index is -1.01. The lowest BCUT2D eigenvalue weighted by molar-refractivity contribution is -0.141. The number of ether oxygens (including phenoxy) is 2. The van der Waals surface area contributed by atoms with Gasteiger partial charge in [-0.05, 0) is 56.9 Å². The van der Waals surface area contributed by atoms with Gasteiger partial charge in [-0.15, -0.1) is 0 Å². The third-order valence-electron chi connectivity index (χ3n) is 7.42. The minimum absolute atomic E-state index is 0.0859. The highest BCUT2D eigenvalue weighted by atomic mass is 16.5. The van der Waals surface area contributed by atoms with Crippen molar-refractivity contribution in [2.24, 2.45) is 11.8 Å². The van der Waals surface area contributed by atoms with Crippen LogP contribution in [0.3, 0.4) is 0 Å². The van der Waals surface area contributed by atoms with Crippen molar-refractivity contribution in [3.05, 3.63) is 24.3 Å². The number of benzene rings is 1. The van der Waals surface area contributed by atoms with Gasteiger partial charge in [-0.3, -0.25) is 14.4 Å². The molecule has 3 heterocycles. The molecule has 3 fully saturated rings. The van der Waals surface area contributed by atoms with Crippen LogP contribution in [-0.2, 0) is 19.1 Å². The summed E-state index contributed by atoms with van der Waals surface area (Å²) in [4.78, 5) is 41.9. The lowest BCUT2D eigenvalue weighted by atomic mass is 9.70. The van der Waals surface area contributed by atoms with E-state index < -0.39 is 29.6 Å². The number of amides is 3. The maximum Gasteiger partial charge on any atom is 0.245 e. The molecule has 1 spiro atoms. The van der Waals surface area contributed by atoms with Gasteiger partial charge in [-0.2, -0.15) is 0 Å². The molecule has 1 aromatic rings. The summed E-state index contributed by atoms with van der Waals surface area (Å²) in [5, 5.41) is 15.3. The number of carbonyl (C=O) groups is 3. The van der Waals surface area contributed by atoms with Crippen LogP contribution in [0.2, 0.25) is 0 Å². The molecular weight excluding hydrogens is 450 g/mol. The zero-order valence-electron chi connectivity index (χ0n) is 20.6. The Morgan fingerprint density at radius 3 is 2.63 bits per heavy atom. The largest absolute Gasteiger partial charge is 0.494 e. The van der Waals surface area contributed by atoms with Crippen LogP contribution in [0.5, 0.6) is 5.75 Å². The van der Waals surface area contributed by atoms with E-state index in [2.05, 4.69) is 17.6 Å². The maximum atomic E-state index is 13.6. The van der Waals surface area contributed by atoms with Crippen LogP contribution < -0.4 is 15.4 Å². The number of hydrogen-bond donors (Lipinski definition) is 3. The van der Waals surface area contributed by atoms with E-state index in [1.807, 2.05) is 6.92 Å². The molecule has 3 aliphatic rings. The van der Waals surface area contributed by atoms with Gasteiger partial charge < -0.3 is 30.1 Å². The normalized spacial score (nSPS) is 28.8. The Kier molecular flexibility index (Phi) is 7.96. The summed E-state index contributed by atoms with van der Waals surface area (Å²) in [5.41, 5.74) is -0.393. The van der Waals surface area contributed by atoms with Gasteiger partial charge in [0.05, 0.1) is 24.5 Å². The molecule has 35 heavy (non-hydrogen) atoms. The standard InChI is InChI=1S/C26H37N3O6/c1-3-5-6-14-27-24(32)22-26-13-12-19(35-26)20(21(26)25(33)29(22)15-7-16-30)23(31)28-17-8-10-18(11-9-17)34-4-2/h8-11,19-22,30H,3-7,12-16H2,1-2H3,(H,27,32)(H,28,31)/t19-,20+,21-,22?,26?/m0/s1. The van der Waals surface area contributed by atoms with Crippen molar-refractivity contribution in [2.45, 2.75) is 70.1 Å². The molecule has 3 amide bonds. The Bertz CT molecular complexity index is 922. The van der Waals surface area contributed by atoms with Crippen molar-refractivity contribution in [2.75, 3.05) is 31.6 Å². The third-order valence-corrected chi connectivity index (χ3v) is 7.42. The molecule has 3 aliphatic heterocycles. The smallest absolute Gasteiger partial charge is 0.245 e. The zero-order valence-corrected chi connectivity index (χ0v) is 20.6. The number of carbonyl (C=O) groups excluding carboxylic acids is 3. The first-order valence-corrected chi connectivity index (χ1v) is 12.9. The van der Waals surface area contributed by atoms with Gasteiger partial charge in [0.25, 0.3) is 0 Å². The summed E-state index contributed by atoms with van der Waals surface area (Å²) in [6.45, 7) is 5.26. The number of rotatable bonds is 12. The molecule has 9 heteroatoms. The second kappa shape index (κ2) is 11.0. The van der Waals surface area contributed by atoms with Gasteiger partial charge in [0, 0.05) is 25.4 Å². The SMILES string of the molecule is CCCCCNC(=O)C1N(CCCO)C(=O)[C@@H]2[C@H](C(=O)Nc3ccc(OCC)cc3)[C@@H]3CCC12O3. The molecule has 192 valence electrons. The van der Waals surface area contributed by atoms with Crippen molar-refractivity contribution >= 4 is 23.4 Å². The molecule has 2 unspecified atom stereocenters. The molecule has 5 atom stereocenters. The van der Waals surface area contributed by atoms with Crippen molar-refractivity contribution in [3.63, 3.8) is 0 Å². The second-order valence-electron chi connectivity index (χ2n) is 9.61. The first kappa shape index (κ1) is 25.4. The summed E-state index contributed by atoms with van der Waals surface area (Å²) < 4.78 is 11.8. The Morgan fingerprint density at radius 2 is 1.94 bits per heavy atom. The van der Waals surface area contributed by atoms with E-state index in [0.717, 1.165) is 19.3 Å². The molecule has 3 N–H and O–H groups in total. The van der Waals surface area contributed by atoms with Crippen LogP contribution in [-0.4, -0.2) is 71.8 Å². The van der Waals surface area contributed by atoms with Crippen LogP contribution in [0, 0.1) is 11.8 Å². The molecule has 1 aromatic carbocycles. The van der Waals surface area contributed by atoms with Crippen LogP contribution in [0.4, 0.5) is 5.69 Å². The molecule has 0 aliphatic carbocycles. The second-order valence-corrected chi connectivity index (χ2v) is 9.61. The monoisotopic (exact) mass is 487 g/mol. The first-order valence-electron chi connectivity index (χ1n) is 12.9. The van der Waals surface area contributed by atoms with Crippen molar-refractivity contribution in [3.8, 4) is 5.75 Å². The molecule has 9 nitrogen and oxygen atoms in total. The van der Waals surface area contributed by atoms with E-state index in [4.69, 9.17) is 9.47 Å². The molecular formula is C26H37N3O6. The highest BCUT2D eigenvalue weighted by Crippen LogP contribution is 2.58. The van der Waals surface area contributed by atoms with Gasteiger partial charge in [-0.1, -0.05) is 19.8 Å². The molecule has 4 rings (SSSR count). The van der Waals surface area contributed by atoms with Crippen LogP contribution in [0.1, 0.15) is 52.4 Å². The number of aliphatic hydroxyl groups is 1. The Balaban J connectivity index is 1.54. The fourth-order valence-electron chi connectivity index (χ4n) is 5.95. The van der Waals surface area contributed by atoms with Crippen LogP contribution in [0.25, 0.3) is 0 Å². The predicted molar refractivity (Wildman–Crippen MR) is 130 cm³/mol. The van der Waals surface area contributed by atoms with Crippen molar-refractivity contribution < 1.29 is 29.0 Å². The highest BCUT2D eigenvalue weighted by molar-refractivity contribution is 6.02. The number of hydrogen-bond acceptors (Lipinski definition) is 6. The highest BCUT2D eigenvalue weighted by Gasteiger charge is 2.74. The first-order chi connectivity index (χ1) is 17.0. The maximum absolute atomic E-state index is 13.6.